The molecule has 0 radical (unpaired) electrons. The van der Waals surface area contributed by atoms with E-state index in [0.717, 1.165) is 58.3 Å². The number of aromatic nitrogens is 1. The molecule has 1 amide bonds. The lowest BCUT2D eigenvalue weighted by molar-refractivity contribution is -0.117. The molecule has 0 saturated carbocycles. The zero-order valence-corrected chi connectivity index (χ0v) is 16.5. The fourth-order valence-electron chi connectivity index (χ4n) is 4.13. The normalized spacial score (nSPS) is 14.9. The Morgan fingerprint density at radius 3 is 3.00 bits per heavy atom. The van der Waals surface area contributed by atoms with Crippen molar-refractivity contribution >= 4 is 28.1 Å². The number of hydrogen-bond donors (Lipinski definition) is 1. The molecule has 6 heteroatoms. The van der Waals surface area contributed by atoms with Gasteiger partial charge in [0.1, 0.15) is 5.75 Å². The van der Waals surface area contributed by atoms with Crippen molar-refractivity contribution < 1.29 is 9.53 Å². The third kappa shape index (κ3) is 2.94. The number of methoxy groups -OCH3 is 1. The number of hydrogen-bond acceptors (Lipinski definition) is 5. The van der Waals surface area contributed by atoms with Crippen LogP contribution < -0.4 is 15.0 Å². The van der Waals surface area contributed by atoms with E-state index in [9.17, 15) is 4.79 Å². The number of rotatable bonds is 5. The molecule has 2 aliphatic heterocycles. The maximum atomic E-state index is 12.3. The number of thiazole rings is 1. The van der Waals surface area contributed by atoms with Gasteiger partial charge in [-0.3, -0.25) is 4.79 Å². The molecule has 0 aliphatic carbocycles. The van der Waals surface area contributed by atoms with Crippen LogP contribution in [0, 0.1) is 0 Å². The van der Waals surface area contributed by atoms with E-state index in [1.165, 1.54) is 5.56 Å². The third-order valence-corrected chi connectivity index (χ3v) is 6.23. The van der Waals surface area contributed by atoms with Crippen LogP contribution in [0.3, 0.4) is 0 Å². The molecular formula is C22H21N3O2S. The standard InChI is InChI=1S/C22H21N3O2S/c1-27-19-7-3-2-5-15(19)12-23-22-24-18(13-28-22)16-9-14-6-4-8-25-20(26)11-17(10-16)21(14)25/h2-3,5,7,9-10,13H,4,6,8,11-12H2,1H3,(H,23,24). The average molecular weight is 391 g/mol. The molecule has 0 unspecified atom stereocenters. The minimum atomic E-state index is 0.227. The Bertz CT molecular complexity index is 1060. The Kier molecular flexibility index (Phi) is 4.28. The highest BCUT2D eigenvalue weighted by molar-refractivity contribution is 7.14. The second-order valence-electron chi connectivity index (χ2n) is 7.17. The van der Waals surface area contributed by atoms with Gasteiger partial charge in [0.15, 0.2) is 5.13 Å². The molecule has 3 heterocycles. The predicted molar refractivity (Wildman–Crippen MR) is 112 cm³/mol. The Balaban J connectivity index is 1.38. The van der Waals surface area contributed by atoms with Crippen molar-refractivity contribution in [3.63, 3.8) is 0 Å². The first-order valence-electron chi connectivity index (χ1n) is 9.51. The van der Waals surface area contributed by atoms with Crippen molar-refractivity contribution in [2.24, 2.45) is 0 Å². The summed E-state index contributed by atoms with van der Waals surface area (Å²) >= 11 is 1.60. The summed E-state index contributed by atoms with van der Waals surface area (Å²) in [6.07, 6.45) is 2.58. The van der Waals surface area contributed by atoms with Gasteiger partial charge in [-0.25, -0.2) is 4.98 Å². The predicted octanol–water partition coefficient (Wildman–Crippen LogP) is 4.27. The lowest BCUT2D eigenvalue weighted by atomic mass is 9.96. The van der Waals surface area contributed by atoms with Gasteiger partial charge in [-0.15, -0.1) is 11.3 Å². The lowest BCUT2D eigenvalue weighted by Gasteiger charge is -2.25. The molecule has 2 aliphatic rings. The first kappa shape index (κ1) is 17.3. The minimum Gasteiger partial charge on any atom is -0.496 e. The number of anilines is 2. The summed E-state index contributed by atoms with van der Waals surface area (Å²) in [5.41, 5.74) is 6.75. The summed E-state index contributed by atoms with van der Waals surface area (Å²) in [5.74, 6) is 1.10. The van der Waals surface area contributed by atoms with Gasteiger partial charge in [-0.2, -0.15) is 0 Å². The second-order valence-corrected chi connectivity index (χ2v) is 8.03. The van der Waals surface area contributed by atoms with Gasteiger partial charge >= 0.3 is 0 Å². The van der Waals surface area contributed by atoms with Crippen LogP contribution in [0.2, 0.25) is 0 Å². The van der Waals surface area contributed by atoms with E-state index >= 15 is 0 Å². The van der Waals surface area contributed by atoms with Gasteiger partial charge in [0.25, 0.3) is 0 Å². The Morgan fingerprint density at radius 2 is 2.11 bits per heavy atom. The first-order valence-corrected chi connectivity index (χ1v) is 10.4. The van der Waals surface area contributed by atoms with Crippen LogP contribution in [0.4, 0.5) is 10.8 Å². The zero-order chi connectivity index (χ0) is 19.1. The van der Waals surface area contributed by atoms with Gasteiger partial charge in [0.2, 0.25) is 5.91 Å². The number of nitrogens with zero attached hydrogens (tertiary/aromatic N) is 2. The number of benzene rings is 2. The van der Waals surface area contributed by atoms with Crippen LogP contribution in [0.25, 0.3) is 11.3 Å². The molecule has 1 N–H and O–H groups in total. The SMILES string of the molecule is COc1ccccc1CNc1nc(-c2cc3c4c(c2)CC(=O)N4CCC3)cs1. The van der Waals surface area contributed by atoms with Gasteiger partial charge in [0.05, 0.1) is 24.9 Å². The Labute approximate surface area is 168 Å². The van der Waals surface area contributed by atoms with Gasteiger partial charge in [0, 0.05) is 29.6 Å². The quantitative estimate of drug-likeness (QED) is 0.706. The van der Waals surface area contributed by atoms with E-state index in [1.807, 2.05) is 29.2 Å². The lowest BCUT2D eigenvalue weighted by Crippen LogP contribution is -2.31. The smallest absolute Gasteiger partial charge is 0.231 e. The number of para-hydroxylation sites is 1. The summed E-state index contributed by atoms with van der Waals surface area (Å²) < 4.78 is 5.41. The van der Waals surface area contributed by atoms with Crippen molar-refractivity contribution in [2.45, 2.75) is 25.8 Å². The Morgan fingerprint density at radius 1 is 1.25 bits per heavy atom. The summed E-state index contributed by atoms with van der Waals surface area (Å²) in [5, 5.41) is 6.36. The molecule has 28 heavy (non-hydrogen) atoms. The van der Waals surface area contributed by atoms with E-state index in [4.69, 9.17) is 9.72 Å². The molecule has 0 spiro atoms. The summed E-state index contributed by atoms with van der Waals surface area (Å²) in [6.45, 7) is 1.52. The van der Waals surface area contributed by atoms with E-state index in [2.05, 4.69) is 22.8 Å². The minimum absolute atomic E-state index is 0.227. The zero-order valence-electron chi connectivity index (χ0n) is 15.7. The van der Waals surface area contributed by atoms with Crippen molar-refractivity contribution in [1.29, 1.82) is 0 Å². The molecule has 142 valence electrons. The van der Waals surface area contributed by atoms with Crippen molar-refractivity contribution in [2.75, 3.05) is 23.9 Å². The van der Waals surface area contributed by atoms with E-state index in [0.29, 0.717) is 13.0 Å². The monoisotopic (exact) mass is 391 g/mol. The molecule has 3 aromatic rings. The van der Waals surface area contributed by atoms with Crippen LogP contribution in [0.15, 0.2) is 41.8 Å². The molecule has 2 aromatic carbocycles. The Hall–Kier alpha value is -2.86. The second kappa shape index (κ2) is 6.95. The fraction of sp³-hybridized carbons (Fsp3) is 0.273. The van der Waals surface area contributed by atoms with Crippen molar-refractivity contribution in [3.8, 4) is 17.0 Å². The fourth-order valence-corrected chi connectivity index (χ4v) is 4.85. The van der Waals surface area contributed by atoms with Crippen LogP contribution in [-0.4, -0.2) is 24.5 Å². The largest absolute Gasteiger partial charge is 0.496 e. The van der Waals surface area contributed by atoms with E-state index in [1.54, 1.807) is 18.4 Å². The number of carbonyl (C=O) groups excluding carboxylic acids is 1. The highest BCUT2D eigenvalue weighted by Gasteiger charge is 2.32. The third-order valence-electron chi connectivity index (χ3n) is 5.43. The van der Waals surface area contributed by atoms with E-state index < -0.39 is 0 Å². The number of nitrogens with one attached hydrogen (secondary N) is 1. The molecule has 5 rings (SSSR count). The molecule has 0 atom stereocenters. The van der Waals surface area contributed by atoms with Crippen molar-refractivity contribution in [3.05, 3.63) is 58.5 Å². The van der Waals surface area contributed by atoms with Gasteiger partial charge in [-0.05, 0) is 42.2 Å². The maximum Gasteiger partial charge on any atom is 0.231 e. The molecule has 0 saturated heterocycles. The van der Waals surface area contributed by atoms with Crippen LogP contribution >= 0.6 is 11.3 Å². The van der Waals surface area contributed by atoms with Crippen LogP contribution in [0.1, 0.15) is 23.1 Å². The van der Waals surface area contributed by atoms with Crippen LogP contribution in [-0.2, 0) is 24.2 Å². The highest BCUT2D eigenvalue weighted by atomic mass is 32.1. The number of carbonyl (C=O) groups is 1. The summed E-state index contributed by atoms with van der Waals surface area (Å²) in [4.78, 5) is 19.0. The molecular weight excluding hydrogens is 370 g/mol. The number of ether oxygens (including phenoxy) is 1. The van der Waals surface area contributed by atoms with Gasteiger partial charge < -0.3 is 15.0 Å². The highest BCUT2D eigenvalue weighted by Crippen LogP contribution is 2.40. The molecule has 0 fully saturated rings. The summed E-state index contributed by atoms with van der Waals surface area (Å²) in [6, 6.07) is 12.3. The molecule has 0 bridgehead atoms. The van der Waals surface area contributed by atoms with E-state index in [-0.39, 0.29) is 5.91 Å². The van der Waals surface area contributed by atoms with Gasteiger partial charge in [-0.1, -0.05) is 18.2 Å². The maximum absolute atomic E-state index is 12.3. The number of aryl methyl sites for hydroxylation is 1. The topological polar surface area (TPSA) is 54.5 Å². The molecule has 5 nitrogen and oxygen atoms in total. The first-order chi connectivity index (χ1) is 13.7. The van der Waals surface area contributed by atoms with Crippen LogP contribution in [0.5, 0.6) is 5.75 Å². The summed E-state index contributed by atoms with van der Waals surface area (Å²) in [7, 11) is 1.69. The number of amides is 1. The average Bonchev–Trinajstić information content (AvgIpc) is 3.32. The van der Waals surface area contributed by atoms with Crippen molar-refractivity contribution in [1.82, 2.24) is 4.98 Å². The molecule has 1 aromatic heterocycles.